The third kappa shape index (κ3) is 27.4. The molecule has 2 amide bonds. The first-order chi connectivity index (χ1) is 35.9. The van der Waals surface area contributed by atoms with E-state index in [0.717, 1.165) is 106 Å². The number of aldehydes is 1. The van der Waals surface area contributed by atoms with Crippen molar-refractivity contribution < 1.29 is 51.3 Å². The lowest BCUT2D eigenvalue weighted by molar-refractivity contribution is -0.123. The predicted molar refractivity (Wildman–Crippen MR) is 294 cm³/mol. The zero-order valence-electron chi connectivity index (χ0n) is 46.1. The minimum absolute atomic E-state index is 0.0893. The molecule has 0 saturated heterocycles. The molecule has 4 fully saturated rings. The van der Waals surface area contributed by atoms with Crippen molar-refractivity contribution in [1.82, 2.24) is 5.32 Å². The van der Waals surface area contributed by atoms with Gasteiger partial charge in [-0.15, -0.1) is 0 Å². The first kappa shape index (κ1) is 64.6. The number of nitrogens with two attached hydrogens (primary N) is 3. The molecule has 0 bridgehead atoms. The van der Waals surface area contributed by atoms with Gasteiger partial charge in [-0.1, -0.05) is 46.5 Å². The zero-order valence-corrected chi connectivity index (χ0v) is 46.1. The molecule has 0 radical (unpaired) electrons. The molecular formula is C61H88F4N4O7. The third-order valence-corrected chi connectivity index (χ3v) is 14.2. The van der Waals surface area contributed by atoms with Crippen molar-refractivity contribution in [2.75, 3.05) is 6.54 Å². The summed E-state index contributed by atoms with van der Waals surface area (Å²) < 4.78 is 67.6. The molecule has 0 atom stereocenters. The fourth-order valence-corrected chi connectivity index (χ4v) is 8.62. The molecule has 4 saturated carbocycles. The Morgan fingerprint density at radius 1 is 0.513 bits per heavy atom. The Kier molecular flexibility index (Phi) is 28.5. The number of primary amides is 2. The molecule has 0 aromatic heterocycles. The Bertz CT molecular complexity index is 2180. The van der Waals surface area contributed by atoms with Crippen LogP contribution in [-0.2, 0) is 14.4 Å². The molecule has 15 heteroatoms. The number of amides is 2. The number of ether oxygens (including phenoxy) is 3. The van der Waals surface area contributed by atoms with Crippen LogP contribution in [0.4, 0.5) is 17.6 Å². The first-order valence-corrected chi connectivity index (χ1v) is 27.2. The maximum atomic E-state index is 12.9. The number of phenols is 1. The van der Waals surface area contributed by atoms with Gasteiger partial charge in [-0.05, 0) is 232 Å². The van der Waals surface area contributed by atoms with Crippen molar-refractivity contribution >= 4 is 18.1 Å². The second-order valence-corrected chi connectivity index (χ2v) is 22.2. The van der Waals surface area contributed by atoms with Crippen LogP contribution in [0.2, 0.25) is 0 Å². The summed E-state index contributed by atoms with van der Waals surface area (Å²) in [4.78, 5) is 32.0. The molecule has 4 aromatic rings. The van der Waals surface area contributed by atoms with Crippen LogP contribution >= 0.6 is 0 Å². The second kappa shape index (κ2) is 33.5. The van der Waals surface area contributed by atoms with Gasteiger partial charge in [-0.2, -0.15) is 0 Å². The Balaban J connectivity index is 0.000000252. The number of carbonyl (C=O) groups is 3. The summed E-state index contributed by atoms with van der Waals surface area (Å²) in [6.45, 7) is 14.5. The van der Waals surface area contributed by atoms with Crippen LogP contribution in [0.3, 0.4) is 0 Å². The Hall–Kier alpha value is -5.67. The number of nitrogens with one attached hydrogen (secondary N) is 1. The molecule has 76 heavy (non-hydrogen) atoms. The summed E-state index contributed by atoms with van der Waals surface area (Å²) in [7, 11) is 0. The molecule has 4 aliphatic rings. The summed E-state index contributed by atoms with van der Waals surface area (Å²) in [6.07, 6.45) is 20.0. The van der Waals surface area contributed by atoms with Gasteiger partial charge in [0.1, 0.15) is 52.6 Å². The number of benzene rings is 4. The molecule has 8 rings (SSSR count). The lowest BCUT2D eigenvalue weighted by Gasteiger charge is -2.31. The SMILES string of the molecule is CC(C)(N)C(N)=O.CC(C)(NCC1CCC(Oc2ccc(F)cc2)CC1)C(N)=O.CC1CCC(C)CC1.CC1CCC(Oc2ccc(F)cc2)CC1.O=CC1CCC(Oc2ccc(F)cc2)CC1.Oc1ccc(F)cc1. The molecule has 11 nitrogen and oxygen atoms in total. The minimum atomic E-state index is -0.861. The number of hydrogen-bond donors (Lipinski definition) is 5. The molecule has 0 aliphatic heterocycles. The van der Waals surface area contributed by atoms with E-state index < -0.39 is 17.0 Å². The van der Waals surface area contributed by atoms with Crippen molar-refractivity contribution in [3.05, 3.63) is 120 Å². The monoisotopic (exact) mass is 1060 g/mol. The number of hydrogen-bond acceptors (Lipinski definition) is 9. The number of halogens is 4. The van der Waals surface area contributed by atoms with Gasteiger partial charge in [-0.25, -0.2) is 17.6 Å². The van der Waals surface area contributed by atoms with E-state index in [1.54, 1.807) is 64.1 Å². The third-order valence-electron chi connectivity index (χ3n) is 14.2. The smallest absolute Gasteiger partial charge is 0.237 e. The van der Waals surface area contributed by atoms with Crippen LogP contribution in [0.25, 0.3) is 0 Å². The highest BCUT2D eigenvalue weighted by atomic mass is 19.1. The maximum Gasteiger partial charge on any atom is 0.237 e. The number of rotatable bonds is 12. The average molecular weight is 1070 g/mol. The average Bonchev–Trinajstić information content (AvgIpc) is 3.39. The highest BCUT2D eigenvalue weighted by Gasteiger charge is 2.28. The fraction of sp³-hybridized carbons (Fsp3) is 0.557. The quantitative estimate of drug-likeness (QED) is 0.0679. The van der Waals surface area contributed by atoms with Gasteiger partial charge in [0, 0.05) is 5.92 Å². The second-order valence-electron chi connectivity index (χ2n) is 22.2. The number of aromatic hydroxyl groups is 1. The van der Waals surface area contributed by atoms with Crippen LogP contribution in [-0.4, -0.2) is 59.1 Å². The lowest BCUT2D eigenvalue weighted by atomic mass is 9.84. The molecule has 8 N–H and O–H groups in total. The van der Waals surface area contributed by atoms with Gasteiger partial charge in [0.2, 0.25) is 11.8 Å². The standard InChI is InChI=1S/C17H25FN2O2.C13H15FO2.C13H17FO.C8H16.C6H5FO.C4H10N2O/c1-17(2,16(19)21)20-11-12-3-7-14(8-4-12)22-15-9-5-13(18)6-10-15;14-11-3-7-13(8-4-11)16-12-5-1-10(9-15)2-6-12;1-10-2-6-12(7-3-10)15-13-8-4-11(14)5-9-13;1-7-3-5-8(2)6-4-7;7-5-1-3-6(8)4-2-5;1-4(2,6)3(5)7/h5-6,9-10,12,14,20H,3-4,7-8,11H2,1-2H3,(H2,19,21);3-4,7-10,12H,1-2,5-6H2;4-5,8-10,12H,2-3,6-7H2,1H3;7-8H,3-6H2,1-2H3;1-4,8H;6H2,1-2H3,(H2,5,7). The van der Waals surface area contributed by atoms with E-state index in [2.05, 4.69) is 26.1 Å². The predicted octanol–water partition coefficient (Wildman–Crippen LogP) is 12.9. The lowest BCUT2D eigenvalue weighted by Crippen LogP contribution is -2.52. The van der Waals surface area contributed by atoms with E-state index in [9.17, 15) is 31.9 Å². The molecule has 422 valence electrons. The van der Waals surface area contributed by atoms with Gasteiger partial charge in [0.05, 0.1) is 29.4 Å². The van der Waals surface area contributed by atoms with Crippen LogP contribution in [0.1, 0.15) is 151 Å². The van der Waals surface area contributed by atoms with Crippen molar-refractivity contribution in [2.45, 2.75) is 181 Å². The summed E-state index contributed by atoms with van der Waals surface area (Å²) in [6, 6.07) is 23.5. The Labute approximate surface area is 450 Å². The molecular weight excluding hydrogens is 977 g/mol. The van der Waals surface area contributed by atoms with E-state index in [1.807, 2.05) is 0 Å². The minimum Gasteiger partial charge on any atom is -0.508 e. The first-order valence-electron chi connectivity index (χ1n) is 27.2. The zero-order chi connectivity index (χ0) is 56.3. The summed E-state index contributed by atoms with van der Waals surface area (Å²) in [5.41, 5.74) is 13.8. The van der Waals surface area contributed by atoms with Gasteiger partial charge in [0.25, 0.3) is 0 Å². The van der Waals surface area contributed by atoms with Crippen molar-refractivity contribution in [3.8, 4) is 23.0 Å². The van der Waals surface area contributed by atoms with E-state index >= 15 is 0 Å². The molecule has 0 unspecified atom stereocenters. The Morgan fingerprint density at radius 2 is 0.789 bits per heavy atom. The number of carbonyl (C=O) groups excluding carboxylic acids is 3. The van der Waals surface area contributed by atoms with E-state index in [0.29, 0.717) is 17.8 Å². The number of phenolic OH excluding ortho intramolecular Hbond substituents is 1. The van der Waals surface area contributed by atoms with Crippen molar-refractivity contribution in [2.24, 2.45) is 46.8 Å². The Morgan fingerprint density at radius 3 is 1.07 bits per heavy atom. The van der Waals surface area contributed by atoms with Gasteiger partial charge in [0.15, 0.2) is 0 Å². The van der Waals surface area contributed by atoms with Crippen molar-refractivity contribution in [3.63, 3.8) is 0 Å². The van der Waals surface area contributed by atoms with Crippen LogP contribution < -0.4 is 36.7 Å². The van der Waals surface area contributed by atoms with Crippen molar-refractivity contribution in [1.29, 1.82) is 0 Å². The highest BCUT2D eigenvalue weighted by Crippen LogP contribution is 2.30. The van der Waals surface area contributed by atoms with Crippen LogP contribution in [0.15, 0.2) is 97.1 Å². The topological polar surface area (TPSA) is 189 Å². The molecule has 4 aromatic carbocycles. The summed E-state index contributed by atoms with van der Waals surface area (Å²) in [5, 5.41) is 11.8. The molecule has 4 aliphatic carbocycles. The highest BCUT2D eigenvalue weighted by molar-refractivity contribution is 5.83. The molecule has 0 spiro atoms. The normalized spacial score (nSPS) is 23.1. The van der Waals surface area contributed by atoms with Gasteiger partial charge < -0.3 is 46.6 Å². The largest absolute Gasteiger partial charge is 0.508 e. The fourth-order valence-electron chi connectivity index (χ4n) is 8.62. The van der Waals surface area contributed by atoms with E-state index in [1.165, 1.54) is 99.2 Å². The van der Waals surface area contributed by atoms with Gasteiger partial charge in [-0.3, -0.25) is 9.59 Å². The molecule has 0 heterocycles. The van der Waals surface area contributed by atoms with Gasteiger partial charge >= 0.3 is 0 Å². The van der Waals surface area contributed by atoms with Crippen LogP contribution in [0, 0.1) is 52.9 Å². The maximum absolute atomic E-state index is 12.9. The van der Waals surface area contributed by atoms with E-state index in [4.69, 9.17) is 36.5 Å². The summed E-state index contributed by atoms with van der Waals surface area (Å²) in [5.74, 6) is 4.05. The summed E-state index contributed by atoms with van der Waals surface area (Å²) >= 11 is 0. The van der Waals surface area contributed by atoms with Crippen LogP contribution in [0.5, 0.6) is 23.0 Å². The van der Waals surface area contributed by atoms with E-state index in [-0.39, 0.29) is 53.1 Å².